The zero-order chi connectivity index (χ0) is 17.0. The minimum absolute atomic E-state index is 0.501. The molecule has 0 unspecified atom stereocenters. The molecule has 0 saturated heterocycles. The molecule has 5 heteroatoms. The summed E-state index contributed by atoms with van der Waals surface area (Å²) < 4.78 is 12.2. The van der Waals surface area contributed by atoms with Crippen molar-refractivity contribution in [3.63, 3.8) is 0 Å². The number of hydrazone groups is 1. The number of para-hydroxylation sites is 2. The highest BCUT2D eigenvalue weighted by atomic mass is 16.9. The van der Waals surface area contributed by atoms with Crippen molar-refractivity contribution in [2.75, 3.05) is 0 Å². The van der Waals surface area contributed by atoms with Crippen molar-refractivity contribution < 1.29 is 14.3 Å². The molecule has 4 rings (SSSR count). The predicted molar refractivity (Wildman–Crippen MR) is 94.1 cm³/mol. The normalized spacial score (nSPS) is 15.1. The molecule has 0 atom stereocenters. The van der Waals surface area contributed by atoms with E-state index in [1.807, 2.05) is 91.0 Å². The second kappa shape index (κ2) is 6.67. The Balaban J connectivity index is 1.74. The van der Waals surface area contributed by atoms with Crippen molar-refractivity contribution in [2.45, 2.75) is 5.97 Å². The van der Waals surface area contributed by atoms with Crippen LogP contribution in [0.1, 0.15) is 5.56 Å². The molecule has 0 aliphatic carbocycles. The van der Waals surface area contributed by atoms with Gasteiger partial charge in [-0.2, -0.15) is 10.4 Å². The van der Waals surface area contributed by atoms with Crippen LogP contribution in [-0.4, -0.2) is 11.7 Å². The Labute approximate surface area is 145 Å². The lowest BCUT2D eigenvalue weighted by molar-refractivity contribution is -0.266. The summed E-state index contributed by atoms with van der Waals surface area (Å²) >= 11 is 0. The summed E-state index contributed by atoms with van der Waals surface area (Å²) in [6, 6.07) is 28.3. The van der Waals surface area contributed by atoms with E-state index in [9.17, 15) is 0 Å². The monoisotopic (exact) mass is 332 g/mol. The lowest BCUT2D eigenvalue weighted by atomic mass is 10.1. The van der Waals surface area contributed by atoms with Gasteiger partial charge in [0.25, 0.3) is 0 Å². The average molecular weight is 332 g/mol. The van der Waals surface area contributed by atoms with E-state index in [2.05, 4.69) is 10.7 Å². The molecule has 0 saturated carbocycles. The van der Waals surface area contributed by atoms with Gasteiger partial charge in [0.05, 0.1) is 0 Å². The summed E-state index contributed by atoms with van der Waals surface area (Å²) in [4.78, 5) is 5.62. The Morgan fingerprint density at radius 2 is 1.16 bits per heavy atom. The molecule has 124 valence electrons. The molecule has 1 aliphatic rings. The average Bonchev–Trinajstić information content (AvgIpc) is 3.07. The van der Waals surface area contributed by atoms with Gasteiger partial charge in [0, 0.05) is 5.56 Å². The standard InChI is InChI=1S/C20H16N2O3/c1-4-10-16(11-5-1)19-20(25-22-21-19,23-17-12-6-2-7-13-17)24-18-14-8-3-9-15-18/h1-15,22H. The Morgan fingerprint density at radius 1 is 0.680 bits per heavy atom. The van der Waals surface area contributed by atoms with Crippen LogP contribution in [0.4, 0.5) is 0 Å². The van der Waals surface area contributed by atoms with Crippen LogP contribution in [-0.2, 0) is 4.84 Å². The van der Waals surface area contributed by atoms with Crippen LogP contribution in [0.5, 0.6) is 11.5 Å². The minimum Gasteiger partial charge on any atom is -0.424 e. The third kappa shape index (κ3) is 3.18. The Hall–Kier alpha value is -3.31. The molecule has 0 bridgehead atoms. The van der Waals surface area contributed by atoms with Crippen LogP contribution in [0.3, 0.4) is 0 Å². The second-order valence-corrected chi connectivity index (χ2v) is 5.41. The van der Waals surface area contributed by atoms with Gasteiger partial charge in [-0.15, -0.1) is 5.10 Å². The van der Waals surface area contributed by atoms with Crippen molar-refractivity contribution in [3.8, 4) is 11.5 Å². The molecule has 0 aromatic heterocycles. The lowest BCUT2D eigenvalue weighted by Gasteiger charge is -2.29. The zero-order valence-electron chi connectivity index (χ0n) is 13.3. The van der Waals surface area contributed by atoms with Gasteiger partial charge in [-0.05, 0) is 24.3 Å². The summed E-state index contributed by atoms with van der Waals surface area (Å²) in [5.74, 6) is -0.333. The Kier molecular flexibility index (Phi) is 4.06. The van der Waals surface area contributed by atoms with Crippen LogP contribution in [0.15, 0.2) is 96.1 Å². The van der Waals surface area contributed by atoms with E-state index < -0.39 is 5.97 Å². The van der Waals surface area contributed by atoms with Gasteiger partial charge in [-0.3, -0.25) is 0 Å². The molecular formula is C20H16N2O3. The molecule has 0 amide bonds. The van der Waals surface area contributed by atoms with Crippen LogP contribution in [0, 0.1) is 0 Å². The van der Waals surface area contributed by atoms with Crippen molar-refractivity contribution in [2.24, 2.45) is 5.10 Å². The van der Waals surface area contributed by atoms with Crippen LogP contribution >= 0.6 is 0 Å². The van der Waals surface area contributed by atoms with Crippen LogP contribution in [0.2, 0.25) is 0 Å². The minimum atomic E-state index is -1.54. The van der Waals surface area contributed by atoms with Crippen molar-refractivity contribution in [3.05, 3.63) is 96.6 Å². The largest absolute Gasteiger partial charge is 0.444 e. The van der Waals surface area contributed by atoms with Gasteiger partial charge >= 0.3 is 5.97 Å². The number of hydrogen-bond donors (Lipinski definition) is 1. The van der Waals surface area contributed by atoms with Crippen molar-refractivity contribution >= 4 is 5.71 Å². The molecule has 1 N–H and O–H groups in total. The molecule has 0 spiro atoms. The van der Waals surface area contributed by atoms with Gasteiger partial charge < -0.3 is 9.47 Å². The van der Waals surface area contributed by atoms with E-state index in [-0.39, 0.29) is 0 Å². The first kappa shape index (κ1) is 15.2. The zero-order valence-corrected chi connectivity index (χ0v) is 13.3. The first-order chi connectivity index (χ1) is 12.4. The number of nitrogens with zero attached hydrogens (tertiary/aromatic N) is 1. The lowest BCUT2D eigenvalue weighted by Crippen LogP contribution is -2.50. The molecule has 1 aliphatic heterocycles. The van der Waals surface area contributed by atoms with E-state index in [1.165, 1.54) is 0 Å². The number of hydrogen-bond acceptors (Lipinski definition) is 5. The van der Waals surface area contributed by atoms with E-state index in [0.29, 0.717) is 17.2 Å². The van der Waals surface area contributed by atoms with E-state index >= 15 is 0 Å². The summed E-state index contributed by atoms with van der Waals surface area (Å²) in [6.07, 6.45) is 0. The third-order valence-corrected chi connectivity index (χ3v) is 3.67. The summed E-state index contributed by atoms with van der Waals surface area (Å²) in [7, 11) is 0. The van der Waals surface area contributed by atoms with Gasteiger partial charge in [0.2, 0.25) is 0 Å². The number of rotatable bonds is 5. The maximum Gasteiger partial charge on any atom is 0.444 e. The summed E-state index contributed by atoms with van der Waals surface area (Å²) in [5.41, 5.74) is 3.87. The van der Waals surface area contributed by atoms with E-state index in [1.54, 1.807) is 0 Å². The number of benzene rings is 3. The van der Waals surface area contributed by atoms with Gasteiger partial charge in [0.1, 0.15) is 11.5 Å². The molecule has 0 fully saturated rings. The van der Waals surface area contributed by atoms with Gasteiger partial charge in [0.15, 0.2) is 5.71 Å². The van der Waals surface area contributed by atoms with E-state index in [0.717, 1.165) is 5.56 Å². The second-order valence-electron chi connectivity index (χ2n) is 5.41. The van der Waals surface area contributed by atoms with Gasteiger partial charge in [-0.1, -0.05) is 66.7 Å². The van der Waals surface area contributed by atoms with Crippen LogP contribution in [0.25, 0.3) is 0 Å². The maximum atomic E-state index is 6.10. The quantitative estimate of drug-likeness (QED) is 0.723. The first-order valence-electron chi connectivity index (χ1n) is 7.90. The summed E-state index contributed by atoms with van der Waals surface area (Å²) in [6.45, 7) is 0. The van der Waals surface area contributed by atoms with Crippen molar-refractivity contribution in [1.82, 2.24) is 5.59 Å². The highest BCUT2D eigenvalue weighted by Gasteiger charge is 2.49. The number of ether oxygens (including phenoxy) is 2. The highest BCUT2D eigenvalue weighted by Crippen LogP contribution is 2.29. The Bertz CT molecular complexity index is 810. The molecule has 1 heterocycles. The highest BCUT2D eigenvalue weighted by molar-refractivity contribution is 6.05. The van der Waals surface area contributed by atoms with Crippen molar-refractivity contribution in [1.29, 1.82) is 0 Å². The fourth-order valence-corrected chi connectivity index (χ4v) is 2.53. The first-order valence-corrected chi connectivity index (χ1v) is 7.90. The van der Waals surface area contributed by atoms with E-state index in [4.69, 9.17) is 14.3 Å². The summed E-state index contributed by atoms with van der Waals surface area (Å²) in [5, 5.41) is 4.25. The molecule has 3 aromatic carbocycles. The maximum absolute atomic E-state index is 6.10. The molecule has 5 nitrogen and oxygen atoms in total. The topological polar surface area (TPSA) is 52.1 Å². The fraction of sp³-hybridized carbons (Fsp3) is 0.0500. The SMILES string of the molecule is c1ccc(OC2(Oc3ccccc3)ONN=C2c2ccccc2)cc1. The Morgan fingerprint density at radius 3 is 1.68 bits per heavy atom. The van der Waals surface area contributed by atoms with Gasteiger partial charge in [-0.25, -0.2) is 0 Å². The smallest absolute Gasteiger partial charge is 0.424 e. The molecule has 3 aromatic rings. The third-order valence-electron chi connectivity index (χ3n) is 3.67. The molecule has 25 heavy (non-hydrogen) atoms. The van der Waals surface area contributed by atoms with Crippen LogP contribution < -0.4 is 15.1 Å². The number of nitrogens with one attached hydrogen (secondary N) is 1. The predicted octanol–water partition coefficient (Wildman–Crippen LogP) is 3.74. The molecule has 0 radical (unpaired) electrons. The molecular weight excluding hydrogens is 316 g/mol. The fourth-order valence-electron chi connectivity index (χ4n) is 2.53.